The van der Waals surface area contributed by atoms with E-state index in [2.05, 4.69) is 52.8 Å². The van der Waals surface area contributed by atoms with Gasteiger partial charge in [0.05, 0.1) is 13.2 Å². The van der Waals surface area contributed by atoms with Crippen LogP contribution < -0.4 is 0 Å². The van der Waals surface area contributed by atoms with Crippen LogP contribution >= 0.6 is 0 Å². The second kappa shape index (κ2) is 6.48. The first-order valence-electron chi connectivity index (χ1n) is 9.91. The van der Waals surface area contributed by atoms with Crippen molar-refractivity contribution in [1.29, 1.82) is 0 Å². The van der Waals surface area contributed by atoms with E-state index in [1.807, 2.05) is 0 Å². The van der Waals surface area contributed by atoms with Crippen molar-refractivity contribution in [3.8, 4) is 0 Å². The van der Waals surface area contributed by atoms with E-state index in [-0.39, 0.29) is 0 Å². The smallest absolute Gasteiger partial charge is 0.0544 e. The van der Waals surface area contributed by atoms with Gasteiger partial charge in [0.15, 0.2) is 0 Å². The van der Waals surface area contributed by atoms with Crippen molar-refractivity contribution in [2.75, 3.05) is 13.2 Å². The van der Waals surface area contributed by atoms with Crippen molar-refractivity contribution in [2.24, 2.45) is 16.2 Å². The van der Waals surface area contributed by atoms with Crippen LogP contribution in [-0.2, 0) is 24.0 Å². The minimum absolute atomic E-state index is 0.380. The lowest BCUT2D eigenvalue weighted by molar-refractivity contribution is -0.135. The first-order valence-corrected chi connectivity index (χ1v) is 9.91. The van der Waals surface area contributed by atoms with Gasteiger partial charge in [0.2, 0.25) is 0 Å². The molecule has 24 heavy (non-hydrogen) atoms. The summed E-state index contributed by atoms with van der Waals surface area (Å²) < 4.78 is 5.53. The lowest BCUT2D eigenvalue weighted by atomic mass is 9.66. The van der Waals surface area contributed by atoms with E-state index >= 15 is 0 Å². The van der Waals surface area contributed by atoms with E-state index in [1.165, 1.54) is 50.5 Å². The largest absolute Gasteiger partial charge is 0.380 e. The second-order valence-electron chi connectivity index (χ2n) is 10.1. The van der Waals surface area contributed by atoms with Crippen LogP contribution in [0.5, 0.6) is 0 Å². The fraction of sp³-hybridized carbons (Fsp3) is 0.739. The van der Waals surface area contributed by atoms with Crippen LogP contribution in [0.1, 0.15) is 77.0 Å². The topological polar surface area (TPSA) is 9.23 Å². The van der Waals surface area contributed by atoms with Gasteiger partial charge in [-0.3, -0.25) is 0 Å². The zero-order valence-electron chi connectivity index (χ0n) is 16.5. The second-order valence-corrected chi connectivity index (χ2v) is 10.1. The maximum atomic E-state index is 5.53. The van der Waals surface area contributed by atoms with Crippen molar-refractivity contribution in [1.82, 2.24) is 0 Å². The summed E-state index contributed by atoms with van der Waals surface area (Å²) in [6.45, 7) is 14.1. The van der Waals surface area contributed by atoms with Crippen LogP contribution in [0.25, 0.3) is 0 Å². The Labute approximate surface area is 149 Å². The minimum Gasteiger partial charge on any atom is -0.380 e. The zero-order valence-corrected chi connectivity index (χ0v) is 16.5. The maximum absolute atomic E-state index is 5.53. The quantitative estimate of drug-likeness (QED) is 0.570. The predicted molar refractivity (Wildman–Crippen MR) is 103 cm³/mol. The Morgan fingerprint density at radius 1 is 0.958 bits per heavy atom. The molecule has 2 aliphatic rings. The Morgan fingerprint density at radius 3 is 2.12 bits per heavy atom. The molecule has 0 radical (unpaired) electrons. The van der Waals surface area contributed by atoms with Crippen molar-refractivity contribution in [2.45, 2.75) is 79.6 Å². The van der Waals surface area contributed by atoms with Crippen LogP contribution in [0.15, 0.2) is 18.2 Å². The first-order chi connectivity index (χ1) is 11.2. The van der Waals surface area contributed by atoms with Crippen molar-refractivity contribution in [3.63, 3.8) is 0 Å². The average molecular weight is 329 g/mol. The van der Waals surface area contributed by atoms with Gasteiger partial charge in [0.1, 0.15) is 0 Å². The van der Waals surface area contributed by atoms with Crippen molar-refractivity contribution >= 4 is 0 Å². The summed E-state index contributed by atoms with van der Waals surface area (Å²) in [5.74, 6) is 0. The van der Waals surface area contributed by atoms with Crippen molar-refractivity contribution in [3.05, 3.63) is 34.9 Å². The fourth-order valence-corrected chi connectivity index (χ4v) is 4.60. The standard InChI is InChI=1S/C23H36O/c1-6-23(16-24-17-23)15-22(4,5)12-11-21(2,3)14-18-7-8-19-9-10-20(19)13-18/h7-8,13H,6,9-12,14-17H2,1-5H3. The molecule has 0 spiro atoms. The molecule has 1 nitrogen and oxygen atoms in total. The normalized spacial score (nSPS) is 19.4. The maximum Gasteiger partial charge on any atom is 0.0544 e. The molecule has 3 rings (SSSR count). The van der Waals surface area contributed by atoms with Crippen molar-refractivity contribution < 1.29 is 4.74 Å². The van der Waals surface area contributed by atoms with E-state index in [0.29, 0.717) is 16.2 Å². The fourth-order valence-electron chi connectivity index (χ4n) is 4.60. The van der Waals surface area contributed by atoms with Gasteiger partial charge in [-0.1, -0.05) is 52.8 Å². The molecule has 0 amide bonds. The highest BCUT2D eigenvalue weighted by atomic mass is 16.5. The SMILES string of the molecule is CCC1(CC(C)(C)CCC(C)(C)Cc2ccc3c(c2)CC3)COC1. The van der Waals surface area contributed by atoms with E-state index in [9.17, 15) is 0 Å². The molecule has 1 fully saturated rings. The molecule has 1 heteroatoms. The van der Waals surface area contributed by atoms with Crippen LogP contribution in [0.4, 0.5) is 0 Å². The van der Waals surface area contributed by atoms with Gasteiger partial charge in [-0.2, -0.15) is 0 Å². The number of fused-ring (bicyclic) bond motifs is 1. The molecular formula is C23H36O. The predicted octanol–water partition coefficient (Wildman–Crippen LogP) is 5.98. The summed E-state index contributed by atoms with van der Waals surface area (Å²) in [5.41, 5.74) is 5.97. The molecule has 134 valence electrons. The van der Waals surface area contributed by atoms with E-state index in [4.69, 9.17) is 4.74 Å². The van der Waals surface area contributed by atoms with Gasteiger partial charge in [-0.25, -0.2) is 0 Å². The number of hydrogen-bond donors (Lipinski definition) is 0. The van der Waals surface area contributed by atoms with Gasteiger partial charge < -0.3 is 4.74 Å². The lowest BCUT2D eigenvalue weighted by Crippen LogP contribution is -2.45. The van der Waals surface area contributed by atoms with E-state index < -0.39 is 0 Å². The number of rotatable bonds is 8. The summed E-state index contributed by atoms with van der Waals surface area (Å²) in [6.07, 6.45) is 8.97. The van der Waals surface area contributed by atoms with Gasteiger partial charge in [0.25, 0.3) is 0 Å². The first kappa shape index (κ1) is 18.0. The van der Waals surface area contributed by atoms with Gasteiger partial charge in [-0.15, -0.1) is 0 Å². The van der Waals surface area contributed by atoms with Gasteiger partial charge in [-0.05, 0) is 72.5 Å². The molecule has 0 saturated carbocycles. The summed E-state index contributed by atoms with van der Waals surface area (Å²) in [7, 11) is 0. The summed E-state index contributed by atoms with van der Waals surface area (Å²) in [4.78, 5) is 0. The molecule has 1 aromatic rings. The van der Waals surface area contributed by atoms with Crippen LogP contribution in [0.3, 0.4) is 0 Å². The van der Waals surface area contributed by atoms with E-state index in [1.54, 1.807) is 11.1 Å². The summed E-state index contributed by atoms with van der Waals surface area (Å²) in [6, 6.07) is 7.18. The molecule has 1 aliphatic heterocycles. The summed E-state index contributed by atoms with van der Waals surface area (Å²) in [5, 5.41) is 0. The Kier molecular flexibility index (Phi) is 4.86. The average Bonchev–Trinajstić information content (AvgIpc) is 2.44. The third-order valence-corrected chi connectivity index (χ3v) is 6.52. The molecule has 1 aliphatic carbocycles. The van der Waals surface area contributed by atoms with Crippen LogP contribution in [0.2, 0.25) is 0 Å². The molecule has 1 heterocycles. The van der Waals surface area contributed by atoms with Gasteiger partial charge >= 0.3 is 0 Å². The number of ether oxygens (including phenoxy) is 1. The molecular weight excluding hydrogens is 292 g/mol. The Morgan fingerprint density at radius 2 is 1.62 bits per heavy atom. The highest BCUT2D eigenvalue weighted by Gasteiger charge is 2.41. The van der Waals surface area contributed by atoms with Crippen LogP contribution in [0, 0.1) is 16.2 Å². The van der Waals surface area contributed by atoms with Gasteiger partial charge in [0, 0.05) is 5.41 Å². The third kappa shape index (κ3) is 4.04. The minimum atomic E-state index is 0.380. The molecule has 0 bridgehead atoms. The number of hydrogen-bond acceptors (Lipinski definition) is 1. The third-order valence-electron chi connectivity index (χ3n) is 6.52. The molecule has 1 saturated heterocycles. The summed E-state index contributed by atoms with van der Waals surface area (Å²) >= 11 is 0. The Bertz CT molecular complexity index is 572. The lowest BCUT2D eigenvalue weighted by Gasteiger charge is -2.46. The number of aryl methyl sites for hydroxylation is 2. The number of benzene rings is 1. The Hall–Kier alpha value is -0.820. The highest BCUT2D eigenvalue weighted by Crippen LogP contribution is 2.45. The molecule has 0 atom stereocenters. The van der Waals surface area contributed by atoms with Crippen LogP contribution in [-0.4, -0.2) is 13.2 Å². The Balaban J connectivity index is 1.54. The molecule has 0 unspecified atom stereocenters. The molecule has 0 N–H and O–H groups in total. The highest BCUT2D eigenvalue weighted by molar-refractivity contribution is 5.38. The zero-order chi connectivity index (χ0) is 17.4. The molecule has 0 aromatic heterocycles. The molecule has 1 aromatic carbocycles. The van der Waals surface area contributed by atoms with E-state index in [0.717, 1.165) is 13.2 Å². The monoisotopic (exact) mass is 328 g/mol.